The average molecular weight is 666 g/mol. The largest absolute Gasteiger partial charge is 0.487 e. The van der Waals surface area contributed by atoms with Gasteiger partial charge in [0, 0.05) is 9.26 Å². The van der Waals surface area contributed by atoms with E-state index in [-0.39, 0.29) is 5.57 Å². The third-order valence-electron chi connectivity index (χ3n) is 4.63. The highest BCUT2D eigenvalue weighted by atomic mass is 127. The first-order valence-corrected chi connectivity index (χ1v) is 12.3. The van der Waals surface area contributed by atoms with E-state index in [9.17, 15) is 10.1 Å². The van der Waals surface area contributed by atoms with Crippen molar-refractivity contribution in [2.75, 3.05) is 5.32 Å². The van der Waals surface area contributed by atoms with Crippen molar-refractivity contribution < 1.29 is 9.53 Å². The summed E-state index contributed by atoms with van der Waals surface area (Å²) in [5, 5.41) is 12.4. The minimum Gasteiger partial charge on any atom is -0.487 e. The fourth-order valence-corrected chi connectivity index (χ4v) is 4.72. The van der Waals surface area contributed by atoms with Crippen LogP contribution in [-0.4, -0.2) is 5.91 Å². The highest BCUT2D eigenvalue weighted by molar-refractivity contribution is 14.1. The van der Waals surface area contributed by atoms with Crippen LogP contribution in [-0.2, 0) is 11.4 Å². The Morgan fingerprint density at radius 1 is 1.09 bits per heavy atom. The molecule has 0 aliphatic heterocycles. The van der Waals surface area contributed by atoms with E-state index in [1.54, 1.807) is 6.08 Å². The summed E-state index contributed by atoms with van der Waals surface area (Å²) in [7, 11) is 0. The van der Waals surface area contributed by atoms with E-state index >= 15 is 0 Å². The number of nitriles is 1. The summed E-state index contributed by atoms with van der Waals surface area (Å²) in [5.41, 5.74) is 4.42. The van der Waals surface area contributed by atoms with Crippen molar-refractivity contribution in [3.05, 3.63) is 94.9 Å². The second-order valence-electron chi connectivity index (χ2n) is 7.17. The number of ether oxygens (including phenoxy) is 1. The van der Waals surface area contributed by atoms with Crippen LogP contribution in [0.5, 0.6) is 5.75 Å². The molecule has 7 heteroatoms. The maximum atomic E-state index is 12.7. The van der Waals surface area contributed by atoms with Crippen LogP contribution in [0, 0.1) is 28.7 Å². The van der Waals surface area contributed by atoms with E-state index in [4.69, 9.17) is 4.74 Å². The molecule has 0 aromatic heterocycles. The van der Waals surface area contributed by atoms with Crippen LogP contribution >= 0.6 is 54.5 Å². The van der Waals surface area contributed by atoms with Gasteiger partial charge in [0.2, 0.25) is 0 Å². The van der Waals surface area contributed by atoms with Gasteiger partial charge < -0.3 is 10.1 Å². The van der Waals surface area contributed by atoms with Gasteiger partial charge in [-0.1, -0.05) is 24.3 Å². The first-order valence-electron chi connectivity index (χ1n) is 9.63. The van der Waals surface area contributed by atoms with Crippen LogP contribution < -0.4 is 10.1 Å². The van der Waals surface area contributed by atoms with Crippen molar-refractivity contribution in [3.8, 4) is 11.8 Å². The van der Waals surface area contributed by atoms with Crippen molar-refractivity contribution in [1.82, 2.24) is 0 Å². The van der Waals surface area contributed by atoms with Crippen LogP contribution in [0.15, 0.2) is 69.1 Å². The molecule has 0 atom stereocenters. The number of anilines is 1. The number of hydrogen-bond acceptors (Lipinski definition) is 3. The molecule has 0 aliphatic carbocycles. The molecule has 0 radical (unpaired) electrons. The van der Waals surface area contributed by atoms with E-state index in [1.807, 2.05) is 74.5 Å². The Labute approximate surface area is 218 Å². The van der Waals surface area contributed by atoms with E-state index in [0.29, 0.717) is 23.6 Å². The number of carbonyl (C=O) groups is 1. The Morgan fingerprint density at radius 3 is 2.38 bits per heavy atom. The first kappa shape index (κ1) is 24.5. The number of nitrogens with zero attached hydrogens (tertiary/aromatic N) is 1. The summed E-state index contributed by atoms with van der Waals surface area (Å²) in [6.45, 7) is 4.28. The molecule has 0 spiro atoms. The Bertz CT molecular complexity index is 1210. The van der Waals surface area contributed by atoms with Gasteiger partial charge in [-0.2, -0.15) is 5.26 Å². The van der Waals surface area contributed by atoms with Crippen molar-refractivity contribution >= 4 is 72.1 Å². The molecule has 4 nitrogen and oxygen atoms in total. The summed E-state index contributed by atoms with van der Waals surface area (Å²) < 4.78 is 8.57. The molecule has 32 heavy (non-hydrogen) atoms. The zero-order valence-corrected chi connectivity index (χ0v) is 22.7. The third kappa shape index (κ3) is 6.44. The summed E-state index contributed by atoms with van der Waals surface area (Å²) in [4.78, 5) is 12.7. The average Bonchev–Trinajstić information content (AvgIpc) is 2.75. The molecule has 0 heterocycles. The monoisotopic (exact) mass is 664 g/mol. The molecule has 0 fully saturated rings. The van der Waals surface area contributed by atoms with Gasteiger partial charge in [0.05, 0.1) is 8.95 Å². The number of carbonyl (C=O) groups excluding carboxylic acids is 1. The number of hydrogen-bond donors (Lipinski definition) is 1. The lowest BCUT2D eigenvalue weighted by Crippen LogP contribution is -2.14. The number of aryl methyl sites for hydroxylation is 2. The number of halogens is 3. The molecular weight excluding hydrogens is 647 g/mol. The van der Waals surface area contributed by atoms with Gasteiger partial charge in [-0.05, 0) is 127 Å². The number of benzene rings is 3. The van der Waals surface area contributed by atoms with Crippen LogP contribution in [0.1, 0.15) is 22.3 Å². The lowest BCUT2D eigenvalue weighted by atomic mass is 10.1. The predicted molar refractivity (Wildman–Crippen MR) is 143 cm³/mol. The van der Waals surface area contributed by atoms with Gasteiger partial charge in [0.1, 0.15) is 24.0 Å². The SMILES string of the molecule is Cc1ccc(C)c(NC(=O)/C(C#N)=C/c2cc(Br)c(OCc3ccc(I)cc3)c(Br)c2)c1. The Morgan fingerprint density at radius 2 is 1.75 bits per heavy atom. The molecule has 0 saturated heterocycles. The molecule has 1 N–H and O–H groups in total. The molecule has 3 aromatic rings. The molecule has 3 aromatic carbocycles. The fraction of sp³-hybridized carbons (Fsp3) is 0.120. The number of rotatable bonds is 6. The second-order valence-corrected chi connectivity index (χ2v) is 10.1. The lowest BCUT2D eigenvalue weighted by Gasteiger charge is -2.12. The van der Waals surface area contributed by atoms with E-state index < -0.39 is 5.91 Å². The Hall–Kier alpha value is -2.15. The molecule has 0 unspecified atom stereocenters. The van der Waals surface area contributed by atoms with Gasteiger partial charge in [-0.15, -0.1) is 0 Å². The van der Waals surface area contributed by atoms with Crippen LogP contribution in [0.3, 0.4) is 0 Å². The predicted octanol–water partition coefficient (Wildman–Crippen LogP) is 7.56. The van der Waals surface area contributed by atoms with E-state index in [0.717, 1.165) is 25.6 Å². The van der Waals surface area contributed by atoms with Crippen LogP contribution in [0.4, 0.5) is 5.69 Å². The van der Waals surface area contributed by atoms with Gasteiger partial charge >= 0.3 is 0 Å². The van der Waals surface area contributed by atoms with Crippen molar-refractivity contribution in [2.45, 2.75) is 20.5 Å². The normalized spacial score (nSPS) is 11.1. The van der Waals surface area contributed by atoms with E-state index in [2.05, 4.69) is 59.8 Å². The van der Waals surface area contributed by atoms with Crippen LogP contribution in [0.2, 0.25) is 0 Å². The smallest absolute Gasteiger partial charge is 0.266 e. The third-order valence-corrected chi connectivity index (χ3v) is 6.53. The molecule has 0 aliphatic rings. The standard InChI is InChI=1S/C25H19Br2IN2O2/c1-15-3-4-16(2)23(9-15)30-25(31)19(13-29)10-18-11-21(26)24(22(27)12-18)32-14-17-5-7-20(28)8-6-17/h3-12H,14H2,1-2H3,(H,30,31)/b19-10+. The van der Waals surface area contributed by atoms with Gasteiger partial charge in [0.25, 0.3) is 5.91 Å². The van der Waals surface area contributed by atoms with Crippen molar-refractivity contribution in [1.29, 1.82) is 5.26 Å². The number of nitrogens with one attached hydrogen (secondary N) is 1. The molecule has 0 bridgehead atoms. The highest BCUT2D eigenvalue weighted by Gasteiger charge is 2.14. The molecule has 3 rings (SSSR count). The van der Waals surface area contributed by atoms with E-state index in [1.165, 1.54) is 3.57 Å². The Kier molecular flexibility index (Phi) is 8.51. The number of amides is 1. The molecule has 1 amide bonds. The topological polar surface area (TPSA) is 62.1 Å². The van der Waals surface area contributed by atoms with Crippen molar-refractivity contribution in [2.24, 2.45) is 0 Å². The first-order chi connectivity index (χ1) is 15.3. The zero-order chi connectivity index (χ0) is 23.3. The van der Waals surface area contributed by atoms with Gasteiger partial charge in [-0.3, -0.25) is 4.79 Å². The quantitative estimate of drug-likeness (QED) is 0.168. The minimum atomic E-state index is -0.451. The maximum absolute atomic E-state index is 12.7. The highest BCUT2D eigenvalue weighted by Crippen LogP contribution is 2.36. The molecule has 0 saturated carbocycles. The van der Waals surface area contributed by atoms with Gasteiger partial charge in [-0.25, -0.2) is 0 Å². The van der Waals surface area contributed by atoms with Crippen LogP contribution in [0.25, 0.3) is 6.08 Å². The summed E-state index contributed by atoms with van der Waals surface area (Å²) in [6.07, 6.45) is 1.55. The summed E-state index contributed by atoms with van der Waals surface area (Å²) in [5.74, 6) is 0.200. The summed E-state index contributed by atoms with van der Waals surface area (Å²) >= 11 is 9.33. The zero-order valence-electron chi connectivity index (χ0n) is 17.4. The second kappa shape index (κ2) is 11.1. The lowest BCUT2D eigenvalue weighted by molar-refractivity contribution is -0.112. The fourth-order valence-electron chi connectivity index (χ4n) is 2.91. The maximum Gasteiger partial charge on any atom is 0.266 e. The molecule has 162 valence electrons. The molecular formula is C25H19Br2IN2O2. The minimum absolute atomic E-state index is 0.0114. The Balaban J connectivity index is 1.78. The van der Waals surface area contributed by atoms with Crippen molar-refractivity contribution in [3.63, 3.8) is 0 Å². The van der Waals surface area contributed by atoms with Gasteiger partial charge in [0.15, 0.2) is 0 Å². The summed E-state index contributed by atoms with van der Waals surface area (Å²) in [6, 6.07) is 19.5.